The Morgan fingerprint density at radius 3 is 2.67 bits per heavy atom. The van der Waals surface area contributed by atoms with Gasteiger partial charge in [-0.3, -0.25) is 4.40 Å². The molecule has 3 rings (SSSR count). The fourth-order valence-electron chi connectivity index (χ4n) is 1.78. The van der Waals surface area contributed by atoms with Gasteiger partial charge in [-0.15, -0.1) is 11.8 Å². The number of rotatable bonds is 2. The minimum absolute atomic E-state index is 0.302. The van der Waals surface area contributed by atoms with Gasteiger partial charge in [0.1, 0.15) is 5.69 Å². The second-order valence-electron chi connectivity index (χ2n) is 4.06. The minimum atomic E-state index is -4.52. The standard InChI is InChI=1S/C12H8F3N5S/c1-21-10-2-3-16-11(19-10)7-4-18-9-5-17-8(6-20(7)9)12(13,14)15/h2-6H,1H3. The van der Waals surface area contributed by atoms with Crippen LogP contribution in [0.5, 0.6) is 0 Å². The third-order valence-corrected chi connectivity index (χ3v) is 3.40. The van der Waals surface area contributed by atoms with Gasteiger partial charge in [0.15, 0.2) is 17.2 Å². The van der Waals surface area contributed by atoms with Gasteiger partial charge in [-0.05, 0) is 12.3 Å². The zero-order chi connectivity index (χ0) is 15.0. The monoisotopic (exact) mass is 311 g/mol. The van der Waals surface area contributed by atoms with Crippen molar-refractivity contribution >= 4 is 17.4 Å². The lowest BCUT2D eigenvalue weighted by Gasteiger charge is -2.07. The first-order valence-electron chi connectivity index (χ1n) is 5.77. The zero-order valence-corrected chi connectivity index (χ0v) is 11.5. The predicted octanol–water partition coefficient (Wildman–Crippen LogP) is 2.93. The highest BCUT2D eigenvalue weighted by Gasteiger charge is 2.33. The molecule has 5 nitrogen and oxygen atoms in total. The summed E-state index contributed by atoms with van der Waals surface area (Å²) >= 11 is 1.42. The molecule has 0 saturated heterocycles. The molecule has 0 N–H and O–H groups in total. The van der Waals surface area contributed by atoms with Crippen LogP contribution >= 0.6 is 11.8 Å². The summed E-state index contributed by atoms with van der Waals surface area (Å²) in [6.45, 7) is 0. The lowest BCUT2D eigenvalue weighted by atomic mass is 10.4. The summed E-state index contributed by atoms with van der Waals surface area (Å²) in [5, 5.41) is 0.722. The molecule has 0 spiro atoms. The normalized spacial score (nSPS) is 12.0. The Hall–Kier alpha value is -2.16. The molecule has 0 aliphatic carbocycles. The van der Waals surface area contributed by atoms with E-state index in [1.54, 1.807) is 12.3 Å². The van der Waals surface area contributed by atoms with Gasteiger partial charge < -0.3 is 0 Å². The Balaban J connectivity index is 2.18. The number of hydrogen-bond donors (Lipinski definition) is 0. The van der Waals surface area contributed by atoms with Gasteiger partial charge in [0.2, 0.25) is 0 Å². The van der Waals surface area contributed by atoms with E-state index in [1.165, 1.54) is 22.4 Å². The Morgan fingerprint density at radius 1 is 1.14 bits per heavy atom. The third kappa shape index (κ3) is 2.56. The molecule has 0 unspecified atom stereocenters. The highest BCUT2D eigenvalue weighted by molar-refractivity contribution is 7.98. The molecule has 3 heterocycles. The second-order valence-corrected chi connectivity index (χ2v) is 4.89. The van der Waals surface area contributed by atoms with Crippen molar-refractivity contribution in [3.63, 3.8) is 0 Å². The van der Waals surface area contributed by atoms with Crippen LogP contribution < -0.4 is 0 Å². The Bertz CT molecular complexity index is 799. The topological polar surface area (TPSA) is 56.0 Å². The molecule has 0 fully saturated rings. The fourth-order valence-corrected chi connectivity index (χ4v) is 2.15. The average molecular weight is 311 g/mol. The maximum absolute atomic E-state index is 12.7. The summed E-state index contributed by atoms with van der Waals surface area (Å²) < 4.78 is 39.5. The highest BCUT2D eigenvalue weighted by atomic mass is 32.2. The van der Waals surface area contributed by atoms with Crippen LogP contribution in [0.25, 0.3) is 17.2 Å². The van der Waals surface area contributed by atoms with E-state index in [0.29, 0.717) is 17.2 Å². The molecule has 0 aliphatic heterocycles. The molecule has 0 saturated carbocycles. The Kier molecular flexibility index (Phi) is 3.28. The molecular weight excluding hydrogens is 303 g/mol. The lowest BCUT2D eigenvalue weighted by molar-refractivity contribution is -0.141. The van der Waals surface area contributed by atoms with Crippen molar-refractivity contribution in [1.82, 2.24) is 24.3 Å². The van der Waals surface area contributed by atoms with Crippen molar-refractivity contribution in [2.24, 2.45) is 0 Å². The first-order valence-corrected chi connectivity index (χ1v) is 6.99. The van der Waals surface area contributed by atoms with E-state index < -0.39 is 11.9 Å². The van der Waals surface area contributed by atoms with E-state index >= 15 is 0 Å². The zero-order valence-electron chi connectivity index (χ0n) is 10.7. The third-order valence-electron chi connectivity index (χ3n) is 2.75. The number of hydrogen-bond acceptors (Lipinski definition) is 5. The highest BCUT2D eigenvalue weighted by Crippen LogP contribution is 2.28. The SMILES string of the molecule is CSc1ccnc(-c2cnc3cnc(C(F)(F)F)cn23)n1. The molecule has 0 atom stereocenters. The van der Waals surface area contributed by atoms with Crippen molar-refractivity contribution in [2.45, 2.75) is 11.2 Å². The second kappa shape index (κ2) is 4.99. The van der Waals surface area contributed by atoms with Crippen molar-refractivity contribution in [3.8, 4) is 11.5 Å². The van der Waals surface area contributed by atoms with Gasteiger partial charge in [0.25, 0.3) is 0 Å². The Labute approximate surface area is 121 Å². The van der Waals surface area contributed by atoms with E-state index in [9.17, 15) is 13.2 Å². The van der Waals surface area contributed by atoms with Crippen LogP contribution in [0.4, 0.5) is 13.2 Å². The van der Waals surface area contributed by atoms with E-state index in [-0.39, 0.29) is 0 Å². The van der Waals surface area contributed by atoms with Gasteiger partial charge in [-0.2, -0.15) is 13.2 Å². The number of fused-ring (bicyclic) bond motifs is 1. The Morgan fingerprint density at radius 2 is 1.95 bits per heavy atom. The van der Waals surface area contributed by atoms with Gasteiger partial charge in [0, 0.05) is 12.4 Å². The first-order chi connectivity index (χ1) is 9.99. The van der Waals surface area contributed by atoms with E-state index in [0.717, 1.165) is 17.4 Å². The average Bonchev–Trinajstić information content (AvgIpc) is 2.89. The van der Waals surface area contributed by atoms with Gasteiger partial charge in [-0.1, -0.05) is 0 Å². The smallest absolute Gasteiger partial charge is 0.293 e. The van der Waals surface area contributed by atoms with Crippen molar-refractivity contribution < 1.29 is 13.2 Å². The largest absolute Gasteiger partial charge is 0.434 e. The minimum Gasteiger partial charge on any atom is -0.293 e. The maximum atomic E-state index is 12.7. The molecule has 0 radical (unpaired) electrons. The van der Waals surface area contributed by atoms with Crippen LogP contribution in [0.3, 0.4) is 0 Å². The molecule has 0 bridgehead atoms. The van der Waals surface area contributed by atoms with E-state index in [1.807, 2.05) is 6.26 Å². The van der Waals surface area contributed by atoms with Crippen molar-refractivity contribution in [3.05, 3.63) is 36.5 Å². The first kappa shape index (κ1) is 13.8. The fraction of sp³-hybridized carbons (Fsp3) is 0.167. The van der Waals surface area contributed by atoms with Gasteiger partial charge >= 0.3 is 6.18 Å². The maximum Gasteiger partial charge on any atom is 0.434 e. The molecule has 108 valence electrons. The van der Waals surface area contributed by atoms with Gasteiger partial charge in [0.05, 0.1) is 17.4 Å². The summed E-state index contributed by atoms with van der Waals surface area (Å²) in [7, 11) is 0. The number of aromatic nitrogens is 5. The number of nitrogens with zero attached hydrogens (tertiary/aromatic N) is 5. The van der Waals surface area contributed by atoms with Crippen molar-refractivity contribution in [2.75, 3.05) is 6.26 Å². The summed E-state index contributed by atoms with van der Waals surface area (Å²) in [5.41, 5.74) is -0.305. The van der Waals surface area contributed by atoms with Crippen molar-refractivity contribution in [1.29, 1.82) is 0 Å². The van der Waals surface area contributed by atoms with Crippen LogP contribution in [0, 0.1) is 0 Å². The molecule has 3 aromatic heterocycles. The van der Waals surface area contributed by atoms with E-state index in [2.05, 4.69) is 19.9 Å². The number of alkyl halides is 3. The quantitative estimate of drug-likeness (QED) is 0.538. The van der Waals surface area contributed by atoms with Crippen LogP contribution in [0.2, 0.25) is 0 Å². The molecule has 0 amide bonds. The van der Waals surface area contributed by atoms with Crippen LogP contribution in [-0.2, 0) is 6.18 Å². The lowest BCUT2D eigenvalue weighted by Crippen LogP contribution is -2.09. The summed E-state index contributed by atoms with van der Waals surface area (Å²) in [6.07, 6.45) is 2.29. The predicted molar refractivity (Wildman–Crippen MR) is 70.8 cm³/mol. The molecule has 3 aromatic rings. The molecular formula is C12H8F3N5S. The molecule has 0 aliphatic rings. The van der Waals surface area contributed by atoms with Gasteiger partial charge in [-0.25, -0.2) is 19.9 Å². The van der Waals surface area contributed by atoms with Crippen LogP contribution in [-0.4, -0.2) is 30.6 Å². The molecule has 21 heavy (non-hydrogen) atoms. The molecule has 9 heteroatoms. The summed E-state index contributed by atoms with van der Waals surface area (Å²) in [4.78, 5) is 15.7. The number of halogens is 3. The van der Waals surface area contributed by atoms with Crippen LogP contribution in [0.15, 0.2) is 35.9 Å². The summed E-state index contributed by atoms with van der Waals surface area (Å²) in [6, 6.07) is 1.72. The molecule has 0 aromatic carbocycles. The summed E-state index contributed by atoms with van der Waals surface area (Å²) in [5.74, 6) is 0.314. The van der Waals surface area contributed by atoms with Crippen LogP contribution in [0.1, 0.15) is 5.69 Å². The number of imidazole rings is 1. The van der Waals surface area contributed by atoms with E-state index in [4.69, 9.17) is 0 Å². The number of thioether (sulfide) groups is 1.